The third-order valence-electron chi connectivity index (χ3n) is 4.86. The summed E-state index contributed by atoms with van der Waals surface area (Å²) >= 11 is 14.3. The molecule has 1 nitrogen and oxygen atoms in total. The number of quaternary nitrogens is 1. The van der Waals surface area contributed by atoms with Crippen molar-refractivity contribution in [2.75, 3.05) is 0 Å². The first-order valence-corrected chi connectivity index (χ1v) is 32.5. The van der Waals surface area contributed by atoms with E-state index in [-0.39, 0.29) is 0 Å². The van der Waals surface area contributed by atoms with E-state index in [1.54, 1.807) is 0 Å². The van der Waals surface area contributed by atoms with Crippen molar-refractivity contribution in [2.45, 2.75) is 0 Å². The second kappa shape index (κ2) is 11.7. The van der Waals surface area contributed by atoms with E-state index < -0.39 is 9.14 Å². The van der Waals surface area contributed by atoms with E-state index in [1.165, 1.54) is 0 Å². The predicted molar refractivity (Wildman–Crippen MR) is 178 cm³/mol. The van der Waals surface area contributed by atoms with E-state index in [9.17, 15) is 0 Å². The maximum absolute atomic E-state index is 5.42. The van der Waals surface area contributed by atoms with Gasteiger partial charge in [-0.15, -0.1) is 0 Å². The van der Waals surface area contributed by atoms with Crippen LogP contribution in [0.3, 0.4) is 0 Å². The van der Waals surface area contributed by atoms with E-state index in [0.29, 0.717) is 4.48 Å². The Labute approximate surface area is 264 Å². The molecule has 0 unspecified atom stereocenters. The maximum atomic E-state index is 5.06. The number of benzene rings is 4. The zero-order chi connectivity index (χ0) is 26.8. The van der Waals surface area contributed by atoms with Crippen LogP contribution >= 0.6 is 117 Å². The molecule has 0 N–H and O–H groups in total. The number of hydrogen-bond donors (Lipinski definition) is 0. The molecule has 4 rings (SSSR count). The predicted octanol–water partition coefficient (Wildman–Crippen LogP) is 13.8. The second-order valence-corrected chi connectivity index (χ2v) is 68.1. The van der Waals surface area contributed by atoms with Crippen LogP contribution in [0.15, 0.2) is 115 Å². The Balaban J connectivity index is 0.000000454. The van der Waals surface area contributed by atoms with Gasteiger partial charge in [0.25, 0.3) is 0 Å². The van der Waals surface area contributed by atoms with Crippen LogP contribution < -0.4 is 4.48 Å². The molecule has 4 aromatic carbocycles. The zero-order valence-corrected chi connectivity index (χ0v) is 31.3. The Morgan fingerprint density at radius 2 is 0.500 bits per heavy atom. The van der Waals surface area contributed by atoms with E-state index in [2.05, 4.69) is 161 Å². The van der Waals surface area contributed by atoms with Crippen molar-refractivity contribution in [1.29, 1.82) is 0 Å². The summed E-state index contributed by atoms with van der Waals surface area (Å²) in [4.78, 5) is 0. The molecule has 12 heteroatoms. The number of hydrogen-bond acceptors (Lipinski definition) is 0. The van der Waals surface area contributed by atoms with Crippen molar-refractivity contribution in [3.05, 3.63) is 115 Å². The van der Waals surface area contributed by atoms with Gasteiger partial charge in [-0.05, 0) is 48.5 Å². The summed E-state index contributed by atoms with van der Waals surface area (Å²) in [5, 5.41) is 0. The Hall–Kier alpha value is 1.32. The minimum atomic E-state index is -5.42. The van der Waals surface area contributed by atoms with Gasteiger partial charge in [-0.2, -0.15) is 4.48 Å². The van der Waals surface area contributed by atoms with Crippen LogP contribution in [0.2, 0.25) is 0 Å². The first-order chi connectivity index (χ1) is 16.4. The molecule has 4 aromatic rings. The fourth-order valence-electron chi connectivity index (χ4n) is 3.55. The van der Waals surface area contributed by atoms with Gasteiger partial charge in [0.2, 0.25) is 0 Å². The van der Waals surface area contributed by atoms with Gasteiger partial charge in [0, 0.05) is 66.4 Å². The number of halogens is 10. The van der Waals surface area contributed by atoms with Gasteiger partial charge >= 0.3 is 62.1 Å². The molecule has 0 saturated heterocycles. The van der Waals surface area contributed by atoms with Gasteiger partial charge in [0.1, 0.15) is 22.7 Å². The van der Waals surface area contributed by atoms with E-state index in [1.807, 2.05) is 0 Å². The van der Waals surface area contributed by atoms with Crippen LogP contribution in [0.1, 0.15) is 0 Å². The Kier molecular flexibility index (Phi) is 10.3. The SMILES string of the molecule is Brc1ccc([N+](c2ccc(Br)cc2)(c2ccc(Br)cc2)c2ccc(Br)cc2)cc1.[Cl][Sb-]([Cl])([Cl])([Cl])([Cl])[Cl]. The van der Waals surface area contributed by atoms with Crippen molar-refractivity contribution in [1.82, 2.24) is 4.48 Å². The molecule has 0 aliphatic heterocycles. The minimum absolute atomic E-state index is 0.473. The van der Waals surface area contributed by atoms with Gasteiger partial charge in [-0.3, -0.25) is 0 Å². The molecule has 0 radical (unpaired) electrons. The molecular formula is C24H16Br4Cl6NSb. The molecule has 0 aliphatic carbocycles. The van der Waals surface area contributed by atoms with E-state index >= 15 is 0 Å². The summed E-state index contributed by atoms with van der Waals surface area (Å²) in [5.41, 5.74) is 4.61. The summed E-state index contributed by atoms with van der Waals surface area (Å²) in [6.45, 7) is 0. The Morgan fingerprint density at radius 1 is 0.361 bits per heavy atom. The molecule has 0 heterocycles. The van der Waals surface area contributed by atoms with Crippen molar-refractivity contribution in [3.8, 4) is 0 Å². The molecule has 0 aromatic heterocycles. The van der Waals surface area contributed by atoms with Gasteiger partial charge in [0.05, 0.1) is 0 Å². The average Bonchev–Trinajstić information content (AvgIpc) is 2.76. The molecule has 0 fully saturated rings. The second-order valence-electron chi connectivity index (χ2n) is 7.53. The molecule has 192 valence electrons. The van der Waals surface area contributed by atoms with E-state index in [0.717, 1.165) is 40.6 Å². The monoisotopic (exact) mass is 965 g/mol. The van der Waals surface area contributed by atoms with Crippen LogP contribution in [-0.2, 0) is 0 Å². The standard InChI is InChI=1S/C24H16Br4N.6ClH.Sb/c25-17-1-9-21(10-2-17)29(22-11-3-18(26)4-12-22,23-13-5-19(27)6-14-23)24-15-7-20(28)8-16-24;;;;;;;/h1-16H;6*1H;/q+1;;;;;;;+5/p-6. The molecular weight excluding hydrogens is 956 g/mol. The molecule has 0 amide bonds. The topological polar surface area (TPSA) is 0 Å². The van der Waals surface area contributed by atoms with Gasteiger partial charge < -0.3 is 0 Å². The van der Waals surface area contributed by atoms with Crippen LogP contribution in [0, 0.1) is 0 Å². The van der Waals surface area contributed by atoms with Gasteiger partial charge in [0.15, 0.2) is 0 Å². The quantitative estimate of drug-likeness (QED) is 0.141. The van der Waals surface area contributed by atoms with Crippen LogP contribution in [-0.4, -0.2) is 9.14 Å². The van der Waals surface area contributed by atoms with Gasteiger partial charge in [-0.1, -0.05) is 63.7 Å². The third kappa shape index (κ3) is 9.75. The average molecular weight is 972 g/mol. The zero-order valence-electron chi connectivity index (χ0n) is 17.9. The third-order valence-corrected chi connectivity index (χ3v) is 6.97. The van der Waals surface area contributed by atoms with Crippen molar-refractivity contribution in [2.24, 2.45) is 0 Å². The van der Waals surface area contributed by atoms with Crippen LogP contribution in [0.25, 0.3) is 0 Å². The molecule has 0 aliphatic rings. The first kappa shape index (κ1) is 31.8. The normalized spacial score (nSPS) is 13.7. The molecule has 0 atom stereocenters. The fourth-order valence-corrected chi connectivity index (χ4v) is 4.61. The van der Waals surface area contributed by atoms with Crippen LogP contribution in [0.5, 0.6) is 0 Å². The summed E-state index contributed by atoms with van der Waals surface area (Å²) in [6.07, 6.45) is 0. The summed E-state index contributed by atoms with van der Waals surface area (Å²) in [5.74, 6) is 0. The van der Waals surface area contributed by atoms with E-state index in [4.69, 9.17) is 53.0 Å². The molecule has 0 bridgehead atoms. The summed E-state index contributed by atoms with van der Waals surface area (Å²) in [7, 11) is 25.0. The molecule has 0 spiro atoms. The van der Waals surface area contributed by atoms with Crippen molar-refractivity contribution >= 4 is 149 Å². The summed E-state index contributed by atoms with van der Waals surface area (Å²) < 4.78 is 4.70. The molecule has 36 heavy (non-hydrogen) atoms. The van der Waals surface area contributed by atoms with Crippen LogP contribution in [0.4, 0.5) is 22.7 Å². The van der Waals surface area contributed by atoms with Crippen molar-refractivity contribution < 1.29 is 0 Å². The summed E-state index contributed by atoms with van der Waals surface area (Å²) in [6, 6.07) is 34.2. The first-order valence-electron chi connectivity index (χ1n) is 9.95. The fraction of sp³-hybridized carbons (Fsp3) is 0. The molecule has 0 saturated carbocycles. The number of rotatable bonds is 4. The Bertz CT molecular complexity index is 1130. The van der Waals surface area contributed by atoms with Gasteiger partial charge in [-0.25, -0.2) is 0 Å². The Morgan fingerprint density at radius 3 is 0.639 bits per heavy atom. The van der Waals surface area contributed by atoms with Crippen molar-refractivity contribution in [3.63, 3.8) is 0 Å². The number of nitrogens with zero attached hydrogens (tertiary/aromatic N) is 1.